The SMILES string of the molecule is COc1ccc(C(C)=O)cc1CC(=O)N1c2ccccc2CC1C. The van der Waals surface area contributed by atoms with Crippen LogP contribution in [0, 0.1) is 0 Å². The first-order chi connectivity index (χ1) is 11.5. The van der Waals surface area contributed by atoms with Gasteiger partial charge < -0.3 is 9.64 Å². The second-order valence-corrected chi connectivity index (χ2v) is 6.21. The molecule has 0 aromatic heterocycles. The molecule has 1 amide bonds. The third-order valence-electron chi connectivity index (χ3n) is 4.50. The van der Waals surface area contributed by atoms with Crippen molar-refractivity contribution in [2.75, 3.05) is 12.0 Å². The molecule has 2 aromatic rings. The lowest BCUT2D eigenvalue weighted by atomic mass is 10.0. The fraction of sp³-hybridized carbons (Fsp3) is 0.300. The average molecular weight is 323 g/mol. The maximum atomic E-state index is 12.9. The van der Waals surface area contributed by atoms with Crippen molar-refractivity contribution in [1.82, 2.24) is 0 Å². The van der Waals surface area contributed by atoms with E-state index in [1.165, 1.54) is 12.5 Å². The van der Waals surface area contributed by atoms with Gasteiger partial charge in [-0.25, -0.2) is 0 Å². The van der Waals surface area contributed by atoms with Gasteiger partial charge in [0.25, 0.3) is 0 Å². The molecule has 1 aliphatic rings. The summed E-state index contributed by atoms with van der Waals surface area (Å²) in [5.74, 6) is 0.631. The largest absolute Gasteiger partial charge is 0.496 e. The number of ketones is 1. The second kappa shape index (κ2) is 6.48. The van der Waals surface area contributed by atoms with Crippen LogP contribution in [-0.2, 0) is 17.6 Å². The van der Waals surface area contributed by atoms with E-state index >= 15 is 0 Å². The first kappa shape index (κ1) is 16.2. The number of hydrogen-bond donors (Lipinski definition) is 0. The number of anilines is 1. The van der Waals surface area contributed by atoms with Crippen molar-refractivity contribution in [2.45, 2.75) is 32.7 Å². The lowest BCUT2D eigenvalue weighted by Gasteiger charge is -2.23. The quantitative estimate of drug-likeness (QED) is 0.810. The minimum Gasteiger partial charge on any atom is -0.496 e. The van der Waals surface area contributed by atoms with Gasteiger partial charge in [0.15, 0.2) is 5.78 Å². The molecule has 0 aliphatic carbocycles. The van der Waals surface area contributed by atoms with Crippen molar-refractivity contribution in [1.29, 1.82) is 0 Å². The Hall–Kier alpha value is -2.62. The monoisotopic (exact) mass is 323 g/mol. The summed E-state index contributed by atoms with van der Waals surface area (Å²) in [6.07, 6.45) is 1.08. The molecule has 0 bridgehead atoms. The van der Waals surface area contributed by atoms with Crippen molar-refractivity contribution in [2.24, 2.45) is 0 Å². The van der Waals surface area contributed by atoms with Crippen molar-refractivity contribution < 1.29 is 14.3 Å². The van der Waals surface area contributed by atoms with E-state index in [0.29, 0.717) is 11.3 Å². The summed E-state index contributed by atoms with van der Waals surface area (Å²) in [6.45, 7) is 3.58. The summed E-state index contributed by atoms with van der Waals surface area (Å²) < 4.78 is 5.36. The highest BCUT2D eigenvalue weighted by Crippen LogP contribution is 2.33. The molecule has 0 fully saturated rings. The maximum absolute atomic E-state index is 12.9. The minimum absolute atomic E-state index is 0.0199. The summed E-state index contributed by atoms with van der Waals surface area (Å²) in [6, 6.07) is 13.4. The zero-order valence-corrected chi connectivity index (χ0v) is 14.2. The number of ether oxygens (including phenoxy) is 1. The van der Waals surface area contributed by atoms with Gasteiger partial charge in [0.05, 0.1) is 13.5 Å². The van der Waals surface area contributed by atoms with Crippen molar-refractivity contribution in [3.05, 3.63) is 59.2 Å². The standard InChI is InChI=1S/C20H21NO3/c1-13-10-16-6-4-5-7-18(16)21(13)20(23)12-17-11-15(14(2)22)8-9-19(17)24-3/h4-9,11,13H,10,12H2,1-3H3. The summed E-state index contributed by atoms with van der Waals surface area (Å²) >= 11 is 0. The van der Waals surface area contributed by atoms with E-state index in [4.69, 9.17) is 4.74 Å². The molecule has 0 radical (unpaired) electrons. The second-order valence-electron chi connectivity index (χ2n) is 6.21. The Bertz CT molecular complexity index is 797. The molecule has 0 saturated heterocycles. The summed E-state index contributed by atoms with van der Waals surface area (Å²) in [5, 5.41) is 0. The molecule has 0 N–H and O–H groups in total. The van der Waals surface area contributed by atoms with Gasteiger partial charge in [0.1, 0.15) is 5.75 Å². The molecule has 1 unspecified atom stereocenters. The van der Waals surface area contributed by atoms with Crippen molar-refractivity contribution >= 4 is 17.4 Å². The zero-order valence-electron chi connectivity index (χ0n) is 14.2. The Morgan fingerprint density at radius 3 is 2.67 bits per heavy atom. The van der Waals surface area contributed by atoms with Gasteiger partial charge in [0.2, 0.25) is 5.91 Å². The molecule has 0 saturated carbocycles. The van der Waals surface area contributed by atoms with E-state index in [1.807, 2.05) is 23.1 Å². The van der Waals surface area contributed by atoms with E-state index in [-0.39, 0.29) is 24.2 Å². The Labute approximate surface area is 142 Å². The fourth-order valence-corrected chi connectivity index (χ4v) is 3.33. The Balaban J connectivity index is 1.90. The highest BCUT2D eigenvalue weighted by Gasteiger charge is 2.30. The van der Waals surface area contributed by atoms with Crippen LogP contribution in [0.25, 0.3) is 0 Å². The summed E-state index contributed by atoms with van der Waals surface area (Å²) in [7, 11) is 1.57. The summed E-state index contributed by atoms with van der Waals surface area (Å²) in [4.78, 5) is 26.4. The van der Waals surface area contributed by atoms with Crippen LogP contribution in [0.3, 0.4) is 0 Å². The molecule has 124 valence electrons. The average Bonchev–Trinajstić information content (AvgIpc) is 2.90. The van der Waals surface area contributed by atoms with Crippen molar-refractivity contribution in [3.63, 3.8) is 0 Å². The Morgan fingerprint density at radius 1 is 1.21 bits per heavy atom. The molecule has 3 rings (SSSR count). The molecule has 2 aromatic carbocycles. The number of carbonyl (C=O) groups excluding carboxylic acids is 2. The predicted octanol–water partition coefficient (Wildman–Crippen LogP) is 3.42. The molecule has 1 atom stereocenters. The first-order valence-corrected chi connectivity index (χ1v) is 8.09. The highest BCUT2D eigenvalue weighted by molar-refractivity contribution is 5.98. The van der Waals surface area contributed by atoms with Gasteiger partial charge >= 0.3 is 0 Å². The lowest BCUT2D eigenvalue weighted by molar-refractivity contribution is -0.118. The van der Waals surface area contributed by atoms with E-state index in [9.17, 15) is 9.59 Å². The van der Waals surface area contributed by atoms with Crippen LogP contribution < -0.4 is 9.64 Å². The molecule has 1 aliphatic heterocycles. The zero-order chi connectivity index (χ0) is 17.3. The third kappa shape index (κ3) is 2.92. The number of carbonyl (C=O) groups is 2. The number of benzene rings is 2. The molecular weight excluding hydrogens is 302 g/mol. The smallest absolute Gasteiger partial charge is 0.231 e. The van der Waals surface area contributed by atoms with Gasteiger partial charge in [0, 0.05) is 22.9 Å². The van der Waals surface area contributed by atoms with Crippen LogP contribution in [0.4, 0.5) is 5.69 Å². The van der Waals surface area contributed by atoms with Crippen LogP contribution in [0.15, 0.2) is 42.5 Å². The number of Topliss-reactive ketones (excluding diaryl/α,β-unsaturated/α-hetero) is 1. The van der Waals surface area contributed by atoms with E-state index in [2.05, 4.69) is 13.0 Å². The van der Waals surface area contributed by atoms with Gasteiger partial charge in [-0.2, -0.15) is 0 Å². The molecular formula is C20H21NO3. The fourth-order valence-electron chi connectivity index (χ4n) is 3.33. The number of para-hydroxylation sites is 1. The number of amides is 1. The summed E-state index contributed by atoms with van der Waals surface area (Å²) in [5.41, 5.74) is 3.51. The number of rotatable bonds is 4. The molecule has 4 nitrogen and oxygen atoms in total. The highest BCUT2D eigenvalue weighted by atomic mass is 16.5. The topological polar surface area (TPSA) is 46.6 Å². The third-order valence-corrected chi connectivity index (χ3v) is 4.50. The lowest BCUT2D eigenvalue weighted by Crippen LogP contribution is -2.36. The minimum atomic E-state index is -0.0220. The number of methoxy groups -OCH3 is 1. The van der Waals surface area contributed by atoms with Crippen LogP contribution >= 0.6 is 0 Å². The Morgan fingerprint density at radius 2 is 1.96 bits per heavy atom. The normalized spacial score (nSPS) is 16.0. The molecule has 1 heterocycles. The van der Waals surface area contributed by atoms with E-state index < -0.39 is 0 Å². The number of fused-ring (bicyclic) bond motifs is 1. The maximum Gasteiger partial charge on any atom is 0.231 e. The molecule has 0 spiro atoms. The number of hydrogen-bond acceptors (Lipinski definition) is 3. The van der Waals surface area contributed by atoms with Gasteiger partial charge in [-0.05, 0) is 50.1 Å². The van der Waals surface area contributed by atoms with E-state index in [0.717, 1.165) is 17.7 Å². The van der Waals surface area contributed by atoms with Gasteiger partial charge in [-0.1, -0.05) is 18.2 Å². The van der Waals surface area contributed by atoms with Crippen LogP contribution in [0.2, 0.25) is 0 Å². The van der Waals surface area contributed by atoms with Crippen LogP contribution in [-0.4, -0.2) is 24.8 Å². The van der Waals surface area contributed by atoms with Crippen LogP contribution in [0.1, 0.15) is 35.3 Å². The van der Waals surface area contributed by atoms with E-state index in [1.54, 1.807) is 25.3 Å². The van der Waals surface area contributed by atoms with Gasteiger partial charge in [-0.3, -0.25) is 9.59 Å². The molecule has 24 heavy (non-hydrogen) atoms. The predicted molar refractivity (Wildman–Crippen MR) is 93.8 cm³/mol. The van der Waals surface area contributed by atoms with Crippen LogP contribution in [0.5, 0.6) is 5.75 Å². The first-order valence-electron chi connectivity index (χ1n) is 8.09. The Kier molecular flexibility index (Phi) is 4.38. The van der Waals surface area contributed by atoms with Crippen molar-refractivity contribution in [3.8, 4) is 5.75 Å². The molecule has 4 heteroatoms. The number of nitrogens with zero attached hydrogens (tertiary/aromatic N) is 1. The van der Waals surface area contributed by atoms with Gasteiger partial charge in [-0.15, -0.1) is 0 Å².